The molecule has 1 aromatic heterocycles. The van der Waals surface area contributed by atoms with Gasteiger partial charge in [-0.25, -0.2) is 4.79 Å². The lowest BCUT2D eigenvalue weighted by atomic mass is 10.1. The number of primary amides is 1. The maximum absolute atomic E-state index is 12.1. The second kappa shape index (κ2) is 6.41. The van der Waals surface area contributed by atoms with Crippen molar-refractivity contribution < 1.29 is 23.5 Å². The van der Waals surface area contributed by atoms with Crippen LogP contribution in [0.25, 0.3) is 11.0 Å². The number of hydrogen-bond donors (Lipinski definition) is 1. The molecule has 0 radical (unpaired) electrons. The number of carbonyl (C=O) groups is 2. The van der Waals surface area contributed by atoms with Crippen molar-refractivity contribution in [1.82, 2.24) is 0 Å². The summed E-state index contributed by atoms with van der Waals surface area (Å²) in [6.45, 7) is 4.00. The van der Waals surface area contributed by atoms with E-state index in [1.165, 1.54) is 6.92 Å². The molecule has 0 saturated carbocycles. The number of furan rings is 1. The summed E-state index contributed by atoms with van der Waals surface area (Å²) in [6, 6.07) is 7.23. The van der Waals surface area contributed by atoms with E-state index in [0.29, 0.717) is 17.8 Å². The molecular weight excluding hydrogens is 274 g/mol. The SMILES string of the molecule is CCOCc1c(C(=O)O[C@H](C)C(N)=O)oc2ccccc12. The number of nitrogens with two attached hydrogens (primary N) is 1. The van der Waals surface area contributed by atoms with Crippen LogP contribution >= 0.6 is 0 Å². The largest absolute Gasteiger partial charge is 0.449 e. The van der Waals surface area contributed by atoms with E-state index >= 15 is 0 Å². The average Bonchev–Trinajstić information content (AvgIpc) is 2.83. The minimum atomic E-state index is -1.02. The Kier molecular flexibility index (Phi) is 4.59. The third kappa shape index (κ3) is 3.22. The summed E-state index contributed by atoms with van der Waals surface area (Å²) in [5, 5.41) is 0.782. The summed E-state index contributed by atoms with van der Waals surface area (Å²) in [6.07, 6.45) is -1.02. The Labute approximate surface area is 121 Å². The highest BCUT2D eigenvalue weighted by Crippen LogP contribution is 2.27. The van der Waals surface area contributed by atoms with Crippen molar-refractivity contribution in [2.45, 2.75) is 26.6 Å². The molecule has 1 atom stereocenters. The Morgan fingerprint density at radius 3 is 2.71 bits per heavy atom. The molecule has 0 bridgehead atoms. The third-order valence-corrected chi connectivity index (χ3v) is 3.02. The lowest BCUT2D eigenvalue weighted by Gasteiger charge is -2.09. The number of hydrogen-bond acceptors (Lipinski definition) is 5. The molecule has 1 aromatic carbocycles. The van der Waals surface area contributed by atoms with Crippen LogP contribution in [0.2, 0.25) is 0 Å². The fourth-order valence-corrected chi connectivity index (χ4v) is 1.88. The van der Waals surface area contributed by atoms with E-state index in [-0.39, 0.29) is 12.4 Å². The molecule has 1 amide bonds. The summed E-state index contributed by atoms with van der Waals surface area (Å²) in [5.74, 6) is -1.41. The van der Waals surface area contributed by atoms with Crippen molar-refractivity contribution in [3.63, 3.8) is 0 Å². The zero-order valence-electron chi connectivity index (χ0n) is 11.9. The molecule has 0 fully saturated rings. The Morgan fingerprint density at radius 1 is 1.33 bits per heavy atom. The van der Waals surface area contributed by atoms with Crippen LogP contribution < -0.4 is 5.73 Å². The Hall–Kier alpha value is -2.34. The maximum atomic E-state index is 12.1. The minimum absolute atomic E-state index is 0.0396. The smallest absolute Gasteiger partial charge is 0.375 e. The predicted molar refractivity (Wildman–Crippen MR) is 75.6 cm³/mol. The molecule has 1 heterocycles. The van der Waals surface area contributed by atoms with Crippen molar-refractivity contribution in [2.75, 3.05) is 6.61 Å². The summed E-state index contributed by atoms with van der Waals surface area (Å²) in [4.78, 5) is 23.1. The normalized spacial score (nSPS) is 12.3. The maximum Gasteiger partial charge on any atom is 0.375 e. The van der Waals surface area contributed by atoms with Gasteiger partial charge in [-0.3, -0.25) is 4.79 Å². The minimum Gasteiger partial charge on any atom is -0.449 e. The highest BCUT2D eigenvalue weighted by Gasteiger charge is 2.24. The van der Waals surface area contributed by atoms with Crippen LogP contribution in [0.1, 0.15) is 30.0 Å². The Morgan fingerprint density at radius 2 is 2.05 bits per heavy atom. The molecule has 2 N–H and O–H groups in total. The van der Waals surface area contributed by atoms with Crippen LogP contribution in [0.15, 0.2) is 28.7 Å². The van der Waals surface area contributed by atoms with Crippen molar-refractivity contribution >= 4 is 22.8 Å². The van der Waals surface area contributed by atoms with Crippen molar-refractivity contribution in [1.29, 1.82) is 0 Å². The molecule has 0 aliphatic carbocycles. The van der Waals surface area contributed by atoms with E-state index in [1.807, 2.05) is 19.1 Å². The number of rotatable bonds is 6. The van der Waals surface area contributed by atoms with Crippen molar-refractivity contribution in [3.8, 4) is 0 Å². The summed E-state index contributed by atoms with van der Waals surface area (Å²) < 4.78 is 15.9. The fourth-order valence-electron chi connectivity index (χ4n) is 1.88. The molecule has 6 nitrogen and oxygen atoms in total. The van der Waals surface area contributed by atoms with Gasteiger partial charge >= 0.3 is 5.97 Å². The van der Waals surface area contributed by atoms with Gasteiger partial charge in [0.05, 0.1) is 6.61 Å². The lowest BCUT2D eigenvalue weighted by molar-refractivity contribution is -0.125. The third-order valence-electron chi connectivity index (χ3n) is 3.02. The lowest BCUT2D eigenvalue weighted by Crippen LogP contribution is -2.30. The molecule has 0 spiro atoms. The van der Waals surface area contributed by atoms with E-state index < -0.39 is 18.0 Å². The Balaban J connectivity index is 2.37. The van der Waals surface area contributed by atoms with Crippen LogP contribution in [0.5, 0.6) is 0 Å². The summed E-state index contributed by atoms with van der Waals surface area (Å²) >= 11 is 0. The molecule has 2 rings (SSSR count). The first-order chi connectivity index (χ1) is 10.0. The van der Waals surface area contributed by atoms with Crippen LogP contribution in [0.4, 0.5) is 0 Å². The number of para-hydroxylation sites is 1. The van der Waals surface area contributed by atoms with Gasteiger partial charge in [0.2, 0.25) is 5.76 Å². The number of amides is 1. The number of ether oxygens (including phenoxy) is 2. The molecule has 6 heteroatoms. The van der Waals surface area contributed by atoms with Gasteiger partial charge in [-0.15, -0.1) is 0 Å². The second-order valence-electron chi connectivity index (χ2n) is 4.49. The number of carbonyl (C=O) groups excluding carboxylic acids is 2. The first-order valence-electron chi connectivity index (χ1n) is 6.63. The number of esters is 1. The molecule has 0 aliphatic rings. The average molecular weight is 291 g/mol. The van der Waals surface area contributed by atoms with Gasteiger partial charge in [0.1, 0.15) is 5.58 Å². The predicted octanol–water partition coefficient (Wildman–Crippen LogP) is 2.00. The number of benzene rings is 1. The van der Waals surface area contributed by atoms with Crippen molar-refractivity contribution in [3.05, 3.63) is 35.6 Å². The van der Waals surface area contributed by atoms with E-state index in [9.17, 15) is 9.59 Å². The molecule has 0 aliphatic heterocycles. The van der Waals surface area contributed by atoms with Gasteiger partial charge in [-0.05, 0) is 19.9 Å². The summed E-state index contributed by atoms with van der Waals surface area (Å²) in [7, 11) is 0. The van der Waals surface area contributed by atoms with Crippen LogP contribution in [-0.2, 0) is 20.9 Å². The molecule has 0 unspecified atom stereocenters. The van der Waals surface area contributed by atoms with Gasteiger partial charge in [-0.2, -0.15) is 0 Å². The highest BCUT2D eigenvalue weighted by atomic mass is 16.6. The quantitative estimate of drug-likeness (QED) is 0.822. The second-order valence-corrected chi connectivity index (χ2v) is 4.49. The van der Waals surface area contributed by atoms with Crippen molar-refractivity contribution in [2.24, 2.45) is 5.73 Å². The van der Waals surface area contributed by atoms with Gasteiger partial charge in [0, 0.05) is 17.6 Å². The number of fused-ring (bicyclic) bond motifs is 1. The van der Waals surface area contributed by atoms with E-state index in [1.54, 1.807) is 12.1 Å². The molecule has 0 saturated heterocycles. The Bertz CT molecular complexity index is 661. The van der Waals surface area contributed by atoms with Crippen LogP contribution in [0.3, 0.4) is 0 Å². The first-order valence-corrected chi connectivity index (χ1v) is 6.63. The van der Waals surface area contributed by atoms with Gasteiger partial charge in [0.15, 0.2) is 6.10 Å². The monoisotopic (exact) mass is 291 g/mol. The van der Waals surface area contributed by atoms with E-state index in [0.717, 1.165) is 5.39 Å². The van der Waals surface area contributed by atoms with Gasteiger partial charge < -0.3 is 19.6 Å². The zero-order valence-corrected chi connectivity index (χ0v) is 11.9. The molecule has 21 heavy (non-hydrogen) atoms. The molecular formula is C15H17NO5. The highest BCUT2D eigenvalue weighted by molar-refractivity contribution is 5.97. The summed E-state index contributed by atoms with van der Waals surface area (Å²) in [5.41, 5.74) is 6.25. The molecule has 112 valence electrons. The fraction of sp³-hybridized carbons (Fsp3) is 0.333. The van der Waals surface area contributed by atoms with E-state index in [4.69, 9.17) is 19.6 Å². The van der Waals surface area contributed by atoms with Crippen LogP contribution in [0, 0.1) is 0 Å². The van der Waals surface area contributed by atoms with Crippen LogP contribution in [-0.4, -0.2) is 24.6 Å². The zero-order chi connectivity index (χ0) is 15.4. The molecule has 2 aromatic rings. The topological polar surface area (TPSA) is 91.8 Å². The van der Waals surface area contributed by atoms with Gasteiger partial charge in [-0.1, -0.05) is 18.2 Å². The van der Waals surface area contributed by atoms with E-state index in [2.05, 4.69) is 0 Å². The standard InChI is InChI=1S/C15H17NO5/c1-3-19-8-11-10-6-4-5-7-12(10)21-13(11)15(18)20-9(2)14(16)17/h4-7,9H,3,8H2,1-2H3,(H2,16,17)/t9-/m1/s1. The first kappa shape index (κ1) is 15.1. The van der Waals surface area contributed by atoms with Gasteiger partial charge in [0.25, 0.3) is 5.91 Å².